The van der Waals surface area contributed by atoms with E-state index in [1.807, 2.05) is 0 Å². The zero-order chi connectivity index (χ0) is 8.69. The summed E-state index contributed by atoms with van der Waals surface area (Å²) in [6.45, 7) is 10.7. The Hall–Kier alpha value is -0.260. The second-order valence-corrected chi connectivity index (χ2v) is 3.45. The maximum absolute atomic E-state index is 3.88. The molecule has 11 heavy (non-hydrogen) atoms. The molecule has 66 valence electrons. The van der Waals surface area contributed by atoms with Crippen LogP contribution in [-0.2, 0) is 0 Å². The van der Waals surface area contributed by atoms with Crippen LogP contribution in [0.4, 0.5) is 0 Å². The molecule has 0 aliphatic heterocycles. The highest BCUT2D eigenvalue weighted by Gasteiger charge is 2.10. The highest BCUT2D eigenvalue weighted by atomic mass is 14.2. The predicted octanol–water partition coefficient (Wildman–Crippen LogP) is 4.02. The van der Waals surface area contributed by atoms with E-state index in [1.54, 1.807) is 0 Å². The zero-order valence-corrected chi connectivity index (χ0v) is 8.27. The molecule has 0 N–H and O–H groups in total. The van der Waals surface area contributed by atoms with Crippen molar-refractivity contribution in [2.75, 3.05) is 0 Å². The van der Waals surface area contributed by atoms with E-state index in [2.05, 4.69) is 33.4 Å². The Balaban J connectivity index is 3.70. The minimum Gasteiger partial charge on any atom is -0.103 e. The van der Waals surface area contributed by atoms with Crippen LogP contribution in [0.25, 0.3) is 0 Å². The van der Waals surface area contributed by atoms with Gasteiger partial charge in [-0.05, 0) is 18.3 Å². The molecule has 0 bridgehead atoms. The molecule has 0 radical (unpaired) electrons. The normalized spacial score (nSPS) is 15.9. The van der Waals surface area contributed by atoms with Gasteiger partial charge in [-0.15, -0.1) is 6.58 Å². The number of rotatable bonds is 6. The smallest absolute Gasteiger partial charge is 0.0211 e. The van der Waals surface area contributed by atoms with Crippen molar-refractivity contribution in [1.29, 1.82) is 0 Å². The zero-order valence-electron chi connectivity index (χ0n) is 8.27. The Morgan fingerprint density at radius 2 is 1.73 bits per heavy atom. The molecule has 0 aromatic rings. The van der Waals surface area contributed by atoms with Gasteiger partial charge in [0, 0.05) is 0 Å². The topological polar surface area (TPSA) is 0 Å². The summed E-state index contributed by atoms with van der Waals surface area (Å²) in [4.78, 5) is 0. The van der Waals surface area contributed by atoms with Crippen molar-refractivity contribution in [1.82, 2.24) is 0 Å². The summed E-state index contributed by atoms with van der Waals surface area (Å²) < 4.78 is 0. The van der Waals surface area contributed by atoms with Crippen LogP contribution in [0.3, 0.4) is 0 Å². The van der Waals surface area contributed by atoms with E-state index in [1.165, 1.54) is 25.7 Å². The largest absolute Gasteiger partial charge is 0.103 e. The van der Waals surface area contributed by atoms with Crippen LogP contribution in [0.15, 0.2) is 12.7 Å². The van der Waals surface area contributed by atoms with Crippen molar-refractivity contribution in [3.63, 3.8) is 0 Å². The van der Waals surface area contributed by atoms with Gasteiger partial charge in [-0.2, -0.15) is 0 Å². The number of allylic oxidation sites excluding steroid dienone is 1. The van der Waals surface area contributed by atoms with Gasteiger partial charge in [0.05, 0.1) is 0 Å². The molecule has 0 saturated heterocycles. The predicted molar refractivity (Wildman–Crippen MR) is 52.7 cm³/mol. The molecular weight excluding hydrogens is 132 g/mol. The Bertz CT molecular complexity index is 94.2. The van der Waals surface area contributed by atoms with Gasteiger partial charge in [-0.1, -0.05) is 46.1 Å². The van der Waals surface area contributed by atoms with Gasteiger partial charge in [-0.3, -0.25) is 0 Å². The lowest BCUT2D eigenvalue weighted by Crippen LogP contribution is -2.08. The fraction of sp³-hybridized carbons (Fsp3) is 0.818. The van der Waals surface area contributed by atoms with Crippen LogP contribution < -0.4 is 0 Å². The van der Waals surface area contributed by atoms with E-state index < -0.39 is 0 Å². The monoisotopic (exact) mass is 154 g/mol. The van der Waals surface area contributed by atoms with E-state index in [9.17, 15) is 0 Å². The van der Waals surface area contributed by atoms with Crippen LogP contribution in [0.5, 0.6) is 0 Å². The molecule has 0 aromatic carbocycles. The lowest BCUT2D eigenvalue weighted by atomic mass is 9.87. The molecule has 0 nitrogen and oxygen atoms in total. The van der Waals surface area contributed by atoms with Crippen LogP contribution in [0.2, 0.25) is 0 Å². The van der Waals surface area contributed by atoms with Crippen molar-refractivity contribution in [3.8, 4) is 0 Å². The van der Waals surface area contributed by atoms with E-state index in [-0.39, 0.29) is 0 Å². The second kappa shape index (κ2) is 6.45. The van der Waals surface area contributed by atoms with Crippen molar-refractivity contribution < 1.29 is 0 Å². The number of hydrogen-bond donors (Lipinski definition) is 0. The minimum atomic E-state index is 0.750. The summed E-state index contributed by atoms with van der Waals surface area (Å²) >= 11 is 0. The first kappa shape index (κ1) is 10.7. The van der Waals surface area contributed by atoms with Crippen LogP contribution in [0, 0.1) is 11.8 Å². The summed E-state index contributed by atoms with van der Waals surface area (Å²) in [6, 6.07) is 0. The third-order valence-electron chi connectivity index (χ3n) is 2.40. The molecule has 0 heteroatoms. The van der Waals surface area contributed by atoms with E-state index in [4.69, 9.17) is 0 Å². The third-order valence-corrected chi connectivity index (χ3v) is 2.40. The van der Waals surface area contributed by atoms with E-state index in [0.29, 0.717) is 0 Å². The fourth-order valence-electron chi connectivity index (χ4n) is 1.64. The average Bonchev–Trinajstić information content (AvgIpc) is 2.00. The quantitative estimate of drug-likeness (QED) is 0.507. The Kier molecular flexibility index (Phi) is 6.30. The van der Waals surface area contributed by atoms with E-state index >= 15 is 0 Å². The SMILES string of the molecule is C=CC(CCC)C(C)CCC. The molecule has 0 heterocycles. The first-order valence-electron chi connectivity index (χ1n) is 4.88. The third kappa shape index (κ3) is 4.23. The van der Waals surface area contributed by atoms with Gasteiger partial charge in [-0.25, -0.2) is 0 Å². The maximum atomic E-state index is 3.88. The minimum absolute atomic E-state index is 0.750. The Labute approximate surface area is 71.7 Å². The van der Waals surface area contributed by atoms with Crippen molar-refractivity contribution >= 4 is 0 Å². The van der Waals surface area contributed by atoms with Crippen LogP contribution >= 0.6 is 0 Å². The number of hydrogen-bond acceptors (Lipinski definition) is 0. The maximum Gasteiger partial charge on any atom is -0.0211 e. The molecule has 0 rings (SSSR count). The lowest BCUT2D eigenvalue weighted by molar-refractivity contribution is 0.375. The lowest BCUT2D eigenvalue weighted by Gasteiger charge is -2.18. The standard InChI is InChI=1S/C11H22/c1-5-8-10(4)11(7-3)9-6-2/h7,10-11H,3,5-6,8-9H2,1-2,4H3. The van der Waals surface area contributed by atoms with Gasteiger partial charge >= 0.3 is 0 Å². The summed E-state index contributed by atoms with van der Waals surface area (Å²) in [7, 11) is 0. The highest BCUT2D eigenvalue weighted by Crippen LogP contribution is 2.22. The van der Waals surface area contributed by atoms with Crippen molar-refractivity contribution in [2.45, 2.75) is 46.5 Å². The van der Waals surface area contributed by atoms with Gasteiger partial charge in [0.15, 0.2) is 0 Å². The molecule has 0 fully saturated rings. The molecule has 0 amide bonds. The Morgan fingerprint density at radius 3 is 2.09 bits per heavy atom. The van der Waals surface area contributed by atoms with E-state index in [0.717, 1.165) is 11.8 Å². The summed E-state index contributed by atoms with van der Waals surface area (Å²) in [5.41, 5.74) is 0. The first-order valence-corrected chi connectivity index (χ1v) is 4.88. The molecular formula is C11H22. The van der Waals surface area contributed by atoms with Gasteiger partial charge in [0.1, 0.15) is 0 Å². The molecule has 0 spiro atoms. The molecule has 2 unspecified atom stereocenters. The second-order valence-electron chi connectivity index (χ2n) is 3.45. The first-order chi connectivity index (χ1) is 5.26. The van der Waals surface area contributed by atoms with Gasteiger partial charge < -0.3 is 0 Å². The molecule has 0 aliphatic carbocycles. The highest BCUT2D eigenvalue weighted by molar-refractivity contribution is 4.82. The summed E-state index contributed by atoms with van der Waals surface area (Å²) in [5, 5.41) is 0. The molecule has 0 aliphatic rings. The van der Waals surface area contributed by atoms with Crippen LogP contribution in [0.1, 0.15) is 46.5 Å². The van der Waals surface area contributed by atoms with Crippen LogP contribution in [-0.4, -0.2) is 0 Å². The van der Waals surface area contributed by atoms with Gasteiger partial charge in [0.25, 0.3) is 0 Å². The molecule has 0 aromatic heterocycles. The summed E-state index contributed by atoms with van der Waals surface area (Å²) in [5.74, 6) is 1.58. The van der Waals surface area contributed by atoms with Crippen molar-refractivity contribution in [2.24, 2.45) is 11.8 Å². The summed E-state index contributed by atoms with van der Waals surface area (Å²) in [6.07, 6.45) is 7.37. The molecule has 0 saturated carbocycles. The average molecular weight is 154 g/mol. The Morgan fingerprint density at radius 1 is 1.18 bits per heavy atom. The van der Waals surface area contributed by atoms with Gasteiger partial charge in [0.2, 0.25) is 0 Å². The molecule has 2 atom stereocenters. The van der Waals surface area contributed by atoms with Crippen molar-refractivity contribution in [3.05, 3.63) is 12.7 Å². The fourth-order valence-corrected chi connectivity index (χ4v) is 1.64.